The van der Waals surface area contributed by atoms with E-state index in [2.05, 4.69) is 33.4 Å². The van der Waals surface area contributed by atoms with Crippen LogP contribution >= 0.6 is 15.9 Å². The van der Waals surface area contributed by atoms with Gasteiger partial charge in [-0.15, -0.1) is 0 Å². The molecule has 26 heavy (non-hydrogen) atoms. The molecular formula is C20H22BrN3O2. The lowest BCUT2D eigenvalue weighted by molar-refractivity contribution is -0.132. The minimum atomic E-state index is -0.639. The van der Waals surface area contributed by atoms with Crippen molar-refractivity contribution >= 4 is 27.9 Å². The van der Waals surface area contributed by atoms with Crippen molar-refractivity contribution < 1.29 is 9.59 Å². The molecule has 2 aromatic rings. The van der Waals surface area contributed by atoms with Crippen molar-refractivity contribution in [2.75, 3.05) is 7.05 Å². The molecule has 0 bridgehead atoms. The summed E-state index contributed by atoms with van der Waals surface area (Å²) in [6.45, 7) is 0. The van der Waals surface area contributed by atoms with Crippen LogP contribution in [0.15, 0.2) is 53.0 Å². The normalized spacial score (nSPS) is 16.6. The molecule has 136 valence electrons. The van der Waals surface area contributed by atoms with Gasteiger partial charge in [0.25, 0.3) is 0 Å². The minimum absolute atomic E-state index is 0.0200. The molecule has 2 atom stereocenters. The fourth-order valence-corrected chi connectivity index (χ4v) is 3.81. The van der Waals surface area contributed by atoms with E-state index in [1.54, 1.807) is 4.90 Å². The van der Waals surface area contributed by atoms with Crippen LogP contribution in [0.1, 0.15) is 41.6 Å². The van der Waals surface area contributed by atoms with Gasteiger partial charge in [0.1, 0.15) is 0 Å². The summed E-state index contributed by atoms with van der Waals surface area (Å²) >= 11 is 3.39. The Morgan fingerprint density at radius 2 is 1.92 bits per heavy atom. The molecule has 0 spiro atoms. The van der Waals surface area contributed by atoms with E-state index in [-0.39, 0.29) is 18.4 Å². The summed E-state index contributed by atoms with van der Waals surface area (Å²) in [5.41, 5.74) is 8.68. The van der Waals surface area contributed by atoms with E-state index >= 15 is 0 Å². The first-order chi connectivity index (χ1) is 12.5. The molecule has 5 nitrogen and oxygen atoms in total. The van der Waals surface area contributed by atoms with Gasteiger partial charge in [-0.1, -0.05) is 52.3 Å². The van der Waals surface area contributed by atoms with Gasteiger partial charge in [0.05, 0.1) is 18.5 Å². The molecule has 0 radical (unpaired) electrons. The number of fused-ring (bicyclic) bond motifs is 1. The van der Waals surface area contributed by atoms with E-state index < -0.39 is 12.1 Å². The molecular weight excluding hydrogens is 394 g/mol. The SMILES string of the molecule is CN(C(=O)C[C@@H](NC(N)=O)c1ccc(Br)cc1)[C@@H]1CCc2ccccc21. The minimum Gasteiger partial charge on any atom is -0.352 e. The molecule has 3 N–H and O–H groups in total. The van der Waals surface area contributed by atoms with Crippen molar-refractivity contribution in [3.05, 3.63) is 69.7 Å². The van der Waals surface area contributed by atoms with Gasteiger partial charge in [0, 0.05) is 11.5 Å². The second-order valence-electron chi connectivity index (χ2n) is 6.57. The number of hydrogen-bond donors (Lipinski definition) is 2. The predicted octanol–water partition coefficient (Wildman–Crippen LogP) is 3.69. The van der Waals surface area contributed by atoms with Crippen LogP contribution in [-0.2, 0) is 11.2 Å². The summed E-state index contributed by atoms with van der Waals surface area (Å²) in [6.07, 6.45) is 2.07. The number of urea groups is 1. The Bertz CT molecular complexity index is 807. The van der Waals surface area contributed by atoms with Crippen molar-refractivity contribution in [2.45, 2.75) is 31.3 Å². The number of amides is 3. The second kappa shape index (κ2) is 7.91. The van der Waals surface area contributed by atoms with Crippen LogP contribution in [0.3, 0.4) is 0 Å². The Morgan fingerprint density at radius 3 is 2.62 bits per heavy atom. The van der Waals surface area contributed by atoms with Crippen LogP contribution in [0.5, 0.6) is 0 Å². The van der Waals surface area contributed by atoms with Gasteiger partial charge in [-0.25, -0.2) is 4.79 Å². The highest BCUT2D eigenvalue weighted by Gasteiger charge is 2.29. The van der Waals surface area contributed by atoms with Crippen molar-refractivity contribution in [1.29, 1.82) is 0 Å². The van der Waals surface area contributed by atoms with E-state index in [4.69, 9.17) is 5.73 Å². The van der Waals surface area contributed by atoms with Crippen molar-refractivity contribution in [1.82, 2.24) is 10.2 Å². The van der Waals surface area contributed by atoms with Crippen molar-refractivity contribution in [3.8, 4) is 0 Å². The number of primary amides is 1. The van der Waals surface area contributed by atoms with Gasteiger partial charge in [-0.05, 0) is 41.7 Å². The van der Waals surface area contributed by atoms with Crippen molar-refractivity contribution in [3.63, 3.8) is 0 Å². The highest BCUT2D eigenvalue weighted by atomic mass is 79.9. The molecule has 0 aromatic heterocycles. The van der Waals surface area contributed by atoms with E-state index in [1.807, 2.05) is 43.4 Å². The van der Waals surface area contributed by atoms with Gasteiger partial charge >= 0.3 is 6.03 Å². The Labute approximate surface area is 161 Å². The number of halogens is 1. The average Bonchev–Trinajstić information content (AvgIpc) is 3.04. The monoisotopic (exact) mass is 415 g/mol. The lowest BCUT2D eigenvalue weighted by Gasteiger charge is -2.28. The van der Waals surface area contributed by atoms with Gasteiger partial charge in [0.15, 0.2) is 0 Å². The number of benzene rings is 2. The number of aryl methyl sites for hydroxylation is 1. The van der Waals surface area contributed by atoms with Gasteiger partial charge in [0.2, 0.25) is 5.91 Å². The Kier molecular flexibility index (Phi) is 5.61. The van der Waals surface area contributed by atoms with Gasteiger partial charge in [-0.2, -0.15) is 0 Å². The first-order valence-electron chi connectivity index (χ1n) is 8.60. The molecule has 3 rings (SSSR count). The van der Waals surface area contributed by atoms with Crippen LogP contribution in [0.2, 0.25) is 0 Å². The molecule has 0 aliphatic heterocycles. The van der Waals surface area contributed by atoms with Crippen LogP contribution in [0, 0.1) is 0 Å². The number of carbonyl (C=O) groups is 2. The lowest BCUT2D eigenvalue weighted by Crippen LogP contribution is -2.38. The predicted molar refractivity (Wildman–Crippen MR) is 104 cm³/mol. The van der Waals surface area contributed by atoms with E-state index in [1.165, 1.54) is 11.1 Å². The number of carbonyl (C=O) groups excluding carboxylic acids is 2. The topological polar surface area (TPSA) is 75.4 Å². The molecule has 3 amide bonds. The number of nitrogens with two attached hydrogens (primary N) is 1. The smallest absolute Gasteiger partial charge is 0.312 e. The first kappa shape index (κ1) is 18.5. The molecule has 0 fully saturated rings. The third-order valence-electron chi connectivity index (χ3n) is 4.93. The van der Waals surface area contributed by atoms with E-state index in [0.717, 1.165) is 22.9 Å². The number of rotatable bonds is 5. The van der Waals surface area contributed by atoms with Gasteiger partial charge < -0.3 is 16.0 Å². The Balaban J connectivity index is 1.75. The quantitative estimate of drug-likeness (QED) is 0.780. The maximum Gasteiger partial charge on any atom is 0.312 e. The fraction of sp³-hybridized carbons (Fsp3) is 0.300. The zero-order valence-corrected chi connectivity index (χ0v) is 16.2. The molecule has 2 aromatic carbocycles. The summed E-state index contributed by atoms with van der Waals surface area (Å²) in [7, 11) is 1.83. The lowest BCUT2D eigenvalue weighted by atomic mass is 10.0. The van der Waals surface area contributed by atoms with Crippen LogP contribution in [0.25, 0.3) is 0 Å². The maximum absolute atomic E-state index is 12.9. The third kappa shape index (κ3) is 4.07. The zero-order valence-electron chi connectivity index (χ0n) is 14.6. The fourth-order valence-electron chi connectivity index (χ4n) is 3.55. The molecule has 0 heterocycles. The van der Waals surface area contributed by atoms with Crippen LogP contribution < -0.4 is 11.1 Å². The number of nitrogens with one attached hydrogen (secondary N) is 1. The Hall–Kier alpha value is -2.34. The first-order valence-corrected chi connectivity index (χ1v) is 9.40. The molecule has 1 aliphatic carbocycles. The Morgan fingerprint density at radius 1 is 1.23 bits per heavy atom. The summed E-state index contributed by atoms with van der Waals surface area (Å²) in [4.78, 5) is 26.1. The highest BCUT2D eigenvalue weighted by molar-refractivity contribution is 9.10. The summed E-state index contributed by atoms with van der Waals surface area (Å²) in [5, 5.41) is 2.69. The summed E-state index contributed by atoms with van der Waals surface area (Å²) in [6, 6.07) is 14.8. The maximum atomic E-state index is 12.9. The highest BCUT2D eigenvalue weighted by Crippen LogP contribution is 2.35. The second-order valence-corrected chi connectivity index (χ2v) is 7.49. The van der Waals surface area contributed by atoms with E-state index in [0.29, 0.717) is 0 Å². The molecule has 1 aliphatic rings. The largest absolute Gasteiger partial charge is 0.352 e. The third-order valence-corrected chi connectivity index (χ3v) is 5.46. The molecule has 0 saturated heterocycles. The average molecular weight is 416 g/mol. The number of hydrogen-bond acceptors (Lipinski definition) is 2. The van der Waals surface area contributed by atoms with Crippen LogP contribution in [0.4, 0.5) is 4.79 Å². The van der Waals surface area contributed by atoms with Gasteiger partial charge in [-0.3, -0.25) is 4.79 Å². The molecule has 0 saturated carbocycles. The van der Waals surface area contributed by atoms with E-state index in [9.17, 15) is 9.59 Å². The van der Waals surface area contributed by atoms with Crippen molar-refractivity contribution in [2.24, 2.45) is 5.73 Å². The zero-order chi connectivity index (χ0) is 18.7. The molecule has 0 unspecified atom stereocenters. The standard InChI is InChI=1S/C20H22BrN3O2/c1-24(18-11-8-13-4-2-3-5-16(13)18)19(25)12-17(23-20(22)26)14-6-9-15(21)10-7-14/h2-7,9-10,17-18H,8,11-12H2,1H3,(H3,22,23,26)/t17-,18-/m1/s1. The van der Waals surface area contributed by atoms with Crippen LogP contribution in [-0.4, -0.2) is 23.9 Å². The molecule has 6 heteroatoms. The summed E-state index contributed by atoms with van der Waals surface area (Å²) in [5.74, 6) is -0.0200. The summed E-state index contributed by atoms with van der Waals surface area (Å²) < 4.78 is 0.935. The number of nitrogens with zero attached hydrogens (tertiary/aromatic N) is 1.